The molecule has 5 nitrogen and oxygen atoms in total. The highest BCUT2D eigenvalue weighted by atomic mass is 16.6. The summed E-state index contributed by atoms with van der Waals surface area (Å²) >= 11 is 0. The summed E-state index contributed by atoms with van der Waals surface area (Å²) in [6, 6.07) is 1.47. The zero-order valence-corrected chi connectivity index (χ0v) is 10.9. The lowest BCUT2D eigenvalue weighted by Crippen LogP contribution is -2.48. The highest BCUT2D eigenvalue weighted by Crippen LogP contribution is 2.07. The number of alkyl carbamates (subject to hydrolysis) is 1. The second-order valence-corrected chi connectivity index (χ2v) is 4.97. The molecule has 0 fully saturated rings. The lowest BCUT2D eigenvalue weighted by molar-refractivity contribution is 0.0492. The molecule has 0 aromatic rings. The second kappa shape index (κ2) is 5.71. The van der Waals surface area contributed by atoms with Crippen molar-refractivity contribution in [3.05, 3.63) is 0 Å². The number of rotatable bonds is 3. The Hall–Kier alpha value is -1.28. The summed E-state index contributed by atoms with van der Waals surface area (Å²) < 4.78 is 5.10. The van der Waals surface area contributed by atoms with E-state index in [1.165, 1.54) is 0 Å². The average Bonchev–Trinajstić information content (AvgIpc) is 1.99. The van der Waals surface area contributed by atoms with Crippen LogP contribution in [0.4, 0.5) is 4.79 Å². The second-order valence-electron chi connectivity index (χ2n) is 4.97. The molecule has 92 valence electrons. The topological polar surface area (TPSA) is 65.4 Å². The molecule has 2 atom stereocenters. The minimum Gasteiger partial charge on any atom is -0.444 e. The molecule has 16 heavy (non-hydrogen) atoms. The van der Waals surface area contributed by atoms with Gasteiger partial charge in [-0.1, -0.05) is 0 Å². The number of likely N-dealkylation sites (N-methyl/N-ethyl adjacent to an activating group) is 1. The SMILES string of the molecule is CC(NC(=O)OC(C)(C)C)C(C#N)N(C)C. The first-order valence-electron chi connectivity index (χ1n) is 5.23. The lowest BCUT2D eigenvalue weighted by atomic mass is 10.1. The zero-order valence-electron chi connectivity index (χ0n) is 10.9. The van der Waals surface area contributed by atoms with Crippen molar-refractivity contribution < 1.29 is 9.53 Å². The molecule has 0 bridgehead atoms. The number of carbonyl (C=O) groups excluding carboxylic acids is 1. The first-order chi connectivity index (χ1) is 7.17. The van der Waals surface area contributed by atoms with Crippen molar-refractivity contribution in [3.8, 4) is 6.07 Å². The monoisotopic (exact) mass is 227 g/mol. The summed E-state index contributed by atoms with van der Waals surface area (Å²) in [5.74, 6) is 0. The third-order valence-corrected chi connectivity index (χ3v) is 1.91. The molecular formula is C11H21N3O2. The molecule has 0 saturated carbocycles. The molecule has 0 aliphatic carbocycles. The van der Waals surface area contributed by atoms with Crippen molar-refractivity contribution in [1.29, 1.82) is 5.26 Å². The molecule has 0 aliphatic rings. The maximum Gasteiger partial charge on any atom is 0.407 e. The Morgan fingerprint density at radius 3 is 2.25 bits per heavy atom. The van der Waals surface area contributed by atoms with Gasteiger partial charge in [0.15, 0.2) is 0 Å². The van der Waals surface area contributed by atoms with Crippen molar-refractivity contribution in [3.63, 3.8) is 0 Å². The van der Waals surface area contributed by atoms with Gasteiger partial charge < -0.3 is 10.1 Å². The van der Waals surface area contributed by atoms with E-state index in [1.54, 1.807) is 46.7 Å². The standard InChI is InChI=1S/C11H21N3O2/c1-8(9(7-12)14(5)6)13-10(15)16-11(2,3)4/h8-9H,1-6H3,(H,13,15). The highest BCUT2D eigenvalue weighted by Gasteiger charge is 2.23. The van der Waals surface area contributed by atoms with Crippen molar-refractivity contribution in [1.82, 2.24) is 10.2 Å². The molecule has 0 aliphatic heterocycles. The number of ether oxygens (including phenoxy) is 1. The molecule has 0 saturated heterocycles. The third-order valence-electron chi connectivity index (χ3n) is 1.91. The van der Waals surface area contributed by atoms with Gasteiger partial charge in [-0.3, -0.25) is 4.90 Å². The first kappa shape index (κ1) is 14.7. The van der Waals surface area contributed by atoms with Crippen LogP contribution in [0.5, 0.6) is 0 Å². The smallest absolute Gasteiger partial charge is 0.407 e. The van der Waals surface area contributed by atoms with Gasteiger partial charge in [0.2, 0.25) is 0 Å². The average molecular weight is 227 g/mol. The van der Waals surface area contributed by atoms with Gasteiger partial charge in [0.05, 0.1) is 12.1 Å². The molecule has 0 aromatic carbocycles. The van der Waals surface area contributed by atoms with E-state index in [1.807, 2.05) is 0 Å². The van der Waals surface area contributed by atoms with E-state index in [4.69, 9.17) is 10.00 Å². The van der Waals surface area contributed by atoms with E-state index in [0.717, 1.165) is 0 Å². The van der Waals surface area contributed by atoms with Gasteiger partial charge in [0.25, 0.3) is 0 Å². The van der Waals surface area contributed by atoms with Gasteiger partial charge in [0, 0.05) is 0 Å². The fourth-order valence-electron chi connectivity index (χ4n) is 1.25. The van der Waals surface area contributed by atoms with Crippen LogP contribution in [0.2, 0.25) is 0 Å². The predicted molar refractivity (Wildman–Crippen MR) is 61.9 cm³/mol. The molecule has 2 unspecified atom stereocenters. The van der Waals surface area contributed by atoms with Gasteiger partial charge in [-0.15, -0.1) is 0 Å². The van der Waals surface area contributed by atoms with Gasteiger partial charge in [-0.25, -0.2) is 4.79 Å². The summed E-state index contributed by atoms with van der Waals surface area (Å²) in [5.41, 5.74) is -0.524. The van der Waals surface area contributed by atoms with Gasteiger partial charge >= 0.3 is 6.09 Å². The predicted octanol–water partition coefficient (Wildman–Crippen LogP) is 1.35. The number of amides is 1. The maximum atomic E-state index is 11.5. The highest BCUT2D eigenvalue weighted by molar-refractivity contribution is 5.68. The maximum absolute atomic E-state index is 11.5. The quantitative estimate of drug-likeness (QED) is 0.790. The van der Waals surface area contributed by atoms with E-state index in [-0.39, 0.29) is 12.1 Å². The van der Waals surface area contributed by atoms with Crippen LogP contribution in [-0.2, 0) is 4.74 Å². The summed E-state index contributed by atoms with van der Waals surface area (Å²) in [6.45, 7) is 7.17. The lowest BCUT2D eigenvalue weighted by Gasteiger charge is -2.26. The van der Waals surface area contributed by atoms with Crippen LogP contribution in [0.3, 0.4) is 0 Å². The van der Waals surface area contributed by atoms with Crippen molar-refractivity contribution in [2.75, 3.05) is 14.1 Å². The normalized spacial score (nSPS) is 15.1. The Bertz CT molecular complexity index is 276. The van der Waals surface area contributed by atoms with Crippen LogP contribution in [-0.4, -0.2) is 42.8 Å². The summed E-state index contributed by atoms with van der Waals surface area (Å²) in [4.78, 5) is 13.2. The van der Waals surface area contributed by atoms with Gasteiger partial charge in [-0.05, 0) is 41.8 Å². The zero-order chi connectivity index (χ0) is 12.9. The van der Waals surface area contributed by atoms with Crippen molar-refractivity contribution in [2.24, 2.45) is 0 Å². The van der Waals surface area contributed by atoms with E-state index in [0.29, 0.717) is 0 Å². The Kier molecular flexibility index (Phi) is 5.25. The molecular weight excluding hydrogens is 206 g/mol. The Labute approximate surface area is 97.4 Å². The first-order valence-corrected chi connectivity index (χ1v) is 5.23. The molecule has 5 heteroatoms. The van der Waals surface area contributed by atoms with Crippen LogP contribution in [0, 0.1) is 11.3 Å². The number of nitriles is 1. The minimum absolute atomic E-state index is 0.283. The molecule has 0 heterocycles. The van der Waals surface area contributed by atoms with Gasteiger partial charge in [-0.2, -0.15) is 5.26 Å². The van der Waals surface area contributed by atoms with Crippen LogP contribution < -0.4 is 5.32 Å². The summed E-state index contributed by atoms with van der Waals surface area (Å²) in [6.07, 6.45) is -0.498. The molecule has 0 radical (unpaired) electrons. The van der Waals surface area contributed by atoms with E-state index in [9.17, 15) is 4.79 Å². The molecule has 1 amide bonds. The number of hydrogen-bond donors (Lipinski definition) is 1. The van der Waals surface area contributed by atoms with E-state index in [2.05, 4.69) is 11.4 Å². The number of nitrogens with one attached hydrogen (secondary N) is 1. The van der Waals surface area contributed by atoms with Crippen LogP contribution in [0.1, 0.15) is 27.7 Å². The van der Waals surface area contributed by atoms with E-state index < -0.39 is 11.7 Å². The Balaban J connectivity index is 4.30. The third kappa shape index (κ3) is 5.56. The van der Waals surface area contributed by atoms with Crippen LogP contribution >= 0.6 is 0 Å². The summed E-state index contributed by atoms with van der Waals surface area (Å²) in [7, 11) is 3.59. The van der Waals surface area contributed by atoms with Crippen molar-refractivity contribution in [2.45, 2.75) is 45.4 Å². The largest absolute Gasteiger partial charge is 0.444 e. The van der Waals surface area contributed by atoms with E-state index >= 15 is 0 Å². The van der Waals surface area contributed by atoms with Crippen LogP contribution in [0.15, 0.2) is 0 Å². The molecule has 0 spiro atoms. The number of carbonyl (C=O) groups is 1. The number of hydrogen-bond acceptors (Lipinski definition) is 4. The Morgan fingerprint density at radius 2 is 1.94 bits per heavy atom. The molecule has 1 N–H and O–H groups in total. The molecule has 0 rings (SSSR count). The fourth-order valence-corrected chi connectivity index (χ4v) is 1.25. The fraction of sp³-hybridized carbons (Fsp3) is 0.818. The molecule has 0 aromatic heterocycles. The number of nitrogens with zero attached hydrogens (tertiary/aromatic N) is 2. The van der Waals surface area contributed by atoms with Gasteiger partial charge in [0.1, 0.15) is 11.6 Å². The summed E-state index contributed by atoms with van der Waals surface area (Å²) in [5, 5.41) is 11.6. The minimum atomic E-state index is -0.524. The van der Waals surface area contributed by atoms with Crippen molar-refractivity contribution >= 4 is 6.09 Å². The van der Waals surface area contributed by atoms with Crippen LogP contribution in [0.25, 0.3) is 0 Å². The Morgan fingerprint density at radius 1 is 1.44 bits per heavy atom.